The molecule has 0 aliphatic heterocycles. The smallest absolute Gasteiger partial charge is 0.0672 e. The van der Waals surface area contributed by atoms with E-state index in [1.54, 1.807) is 0 Å². The Morgan fingerprint density at radius 3 is 2.63 bits per heavy atom. The van der Waals surface area contributed by atoms with Crippen LogP contribution in [-0.4, -0.2) is 31.8 Å². The molecule has 0 aromatic carbocycles. The monoisotopic (exact) mass is 268 g/mol. The third-order valence-corrected chi connectivity index (χ3v) is 4.27. The standard InChI is InChI=1S/C16H32N2O/c1-14(2)12-19-11-10-18-16(13-17)7-5-6-15(3,4)8-9-16/h18H,1,5-13,17H2,2-4H3. The van der Waals surface area contributed by atoms with Gasteiger partial charge in [-0.2, -0.15) is 0 Å². The van der Waals surface area contributed by atoms with Crippen LogP contribution in [0.25, 0.3) is 0 Å². The fourth-order valence-electron chi connectivity index (χ4n) is 2.82. The summed E-state index contributed by atoms with van der Waals surface area (Å²) in [6, 6.07) is 0. The fourth-order valence-corrected chi connectivity index (χ4v) is 2.82. The summed E-state index contributed by atoms with van der Waals surface area (Å²) in [4.78, 5) is 0. The number of nitrogens with one attached hydrogen (secondary N) is 1. The minimum absolute atomic E-state index is 0.125. The number of hydrogen-bond donors (Lipinski definition) is 2. The van der Waals surface area contributed by atoms with Crippen molar-refractivity contribution < 1.29 is 4.74 Å². The molecule has 1 unspecified atom stereocenters. The molecule has 1 fully saturated rings. The van der Waals surface area contributed by atoms with Crippen molar-refractivity contribution in [1.82, 2.24) is 5.32 Å². The summed E-state index contributed by atoms with van der Waals surface area (Å²) in [6.07, 6.45) is 6.20. The quantitative estimate of drug-likeness (QED) is 0.424. The van der Waals surface area contributed by atoms with Crippen molar-refractivity contribution in [1.29, 1.82) is 0 Å². The summed E-state index contributed by atoms with van der Waals surface area (Å²) in [5.41, 5.74) is 7.71. The summed E-state index contributed by atoms with van der Waals surface area (Å²) in [6.45, 7) is 13.6. The third kappa shape index (κ3) is 6.07. The van der Waals surface area contributed by atoms with E-state index in [1.165, 1.54) is 32.1 Å². The zero-order valence-corrected chi connectivity index (χ0v) is 13.1. The van der Waals surface area contributed by atoms with Crippen LogP contribution in [0, 0.1) is 5.41 Å². The molecule has 1 aliphatic rings. The zero-order chi connectivity index (χ0) is 14.4. The van der Waals surface area contributed by atoms with Crippen LogP contribution in [0.4, 0.5) is 0 Å². The van der Waals surface area contributed by atoms with Crippen LogP contribution in [0.5, 0.6) is 0 Å². The van der Waals surface area contributed by atoms with Crippen molar-refractivity contribution >= 4 is 0 Å². The van der Waals surface area contributed by atoms with Gasteiger partial charge in [0.2, 0.25) is 0 Å². The second-order valence-corrected chi connectivity index (χ2v) is 6.94. The first kappa shape index (κ1) is 16.7. The van der Waals surface area contributed by atoms with Gasteiger partial charge in [0.15, 0.2) is 0 Å². The predicted molar refractivity (Wildman–Crippen MR) is 82.3 cm³/mol. The summed E-state index contributed by atoms with van der Waals surface area (Å²) >= 11 is 0. The Hall–Kier alpha value is -0.380. The summed E-state index contributed by atoms with van der Waals surface area (Å²) in [7, 11) is 0. The van der Waals surface area contributed by atoms with Crippen molar-refractivity contribution in [2.75, 3.05) is 26.3 Å². The highest BCUT2D eigenvalue weighted by molar-refractivity contribution is 4.94. The van der Waals surface area contributed by atoms with Crippen LogP contribution in [0.2, 0.25) is 0 Å². The molecule has 112 valence electrons. The molecule has 1 saturated carbocycles. The van der Waals surface area contributed by atoms with E-state index < -0.39 is 0 Å². The van der Waals surface area contributed by atoms with Crippen molar-refractivity contribution in [2.24, 2.45) is 11.1 Å². The van der Waals surface area contributed by atoms with Crippen LogP contribution < -0.4 is 11.1 Å². The molecule has 3 nitrogen and oxygen atoms in total. The van der Waals surface area contributed by atoms with E-state index in [0.717, 1.165) is 25.3 Å². The van der Waals surface area contributed by atoms with E-state index in [0.29, 0.717) is 12.0 Å². The van der Waals surface area contributed by atoms with Gasteiger partial charge in [0.25, 0.3) is 0 Å². The lowest BCUT2D eigenvalue weighted by Crippen LogP contribution is -2.52. The van der Waals surface area contributed by atoms with Crippen LogP contribution in [-0.2, 0) is 4.74 Å². The van der Waals surface area contributed by atoms with Gasteiger partial charge in [-0.15, -0.1) is 0 Å². The largest absolute Gasteiger partial charge is 0.376 e. The second kappa shape index (κ2) is 7.41. The molecule has 0 aromatic rings. The first-order valence-corrected chi connectivity index (χ1v) is 7.56. The lowest BCUT2D eigenvalue weighted by Gasteiger charge is -2.33. The maximum atomic E-state index is 6.04. The molecule has 1 rings (SSSR count). The molecular formula is C16H32N2O. The van der Waals surface area contributed by atoms with E-state index in [2.05, 4.69) is 25.7 Å². The third-order valence-electron chi connectivity index (χ3n) is 4.27. The molecule has 0 aromatic heterocycles. The van der Waals surface area contributed by atoms with E-state index in [-0.39, 0.29) is 5.54 Å². The molecule has 0 radical (unpaired) electrons. The molecule has 3 heteroatoms. The van der Waals surface area contributed by atoms with Crippen molar-refractivity contribution in [3.63, 3.8) is 0 Å². The SMILES string of the molecule is C=C(C)COCCNC1(CN)CCCC(C)(C)CC1. The number of ether oxygens (including phenoxy) is 1. The molecule has 0 heterocycles. The van der Waals surface area contributed by atoms with Gasteiger partial charge in [0.1, 0.15) is 0 Å². The van der Waals surface area contributed by atoms with Gasteiger partial charge in [-0.25, -0.2) is 0 Å². The minimum Gasteiger partial charge on any atom is -0.376 e. The summed E-state index contributed by atoms with van der Waals surface area (Å²) in [5.74, 6) is 0. The normalized spacial score (nSPS) is 26.9. The highest BCUT2D eigenvalue weighted by Gasteiger charge is 2.33. The Morgan fingerprint density at radius 2 is 2.00 bits per heavy atom. The maximum absolute atomic E-state index is 6.04. The van der Waals surface area contributed by atoms with E-state index in [9.17, 15) is 0 Å². The molecule has 19 heavy (non-hydrogen) atoms. The van der Waals surface area contributed by atoms with Gasteiger partial charge in [-0.3, -0.25) is 0 Å². The van der Waals surface area contributed by atoms with Gasteiger partial charge in [0.05, 0.1) is 13.2 Å². The molecule has 1 atom stereocenters. The molecule has 0 amide bonds. The highest BCUT2D eigenvalue weighted by atomic mass is 16.5. The molecular weight excluding hydrogens is 236 g/mol. The Balaban J connectivity index is 2.36. The Labute approximate surface area is 119 Å². The van der Waals surface area contributed by atoms with Gasteiger partial charge in [0, 0.05) is 18.6 Å². The molecule has 0 bridgehead atoms. The van der Waals surface area contributed by atoms with Gasteiger partial charge < -0.3 is 15.8 Å². The van der Waals surface area contributed by atoms with Crippen LogP contribution in [0.1, 0.15) is 52.9 Å². The first-order chi connectivity index (χ1) is 8.89. The lowest BCUT2D eigenvalue weighted by atomic mass is 9.83. The maximum Gasteiger partial charge on any atom is 0.0672 e. The van der Waals surface area contributed by atoms with E-state index in [1.807, 2.05) is 6.92 Å². The number of nitrogens with two attached hydrogens (primary N) is 1. The van der Waals surface area contributed by atoms with Crippen molar-refractivity contribution in [3.05, 3.63) is 12.2 Å². The highest BCUT2D eigenvalue weighted by Crippen LogP contribution is 2.37. The Bertz CT molecular complexity index is 288. The molecule has 1 aliphatic carbocycles. The van der Waals surface area contributed by atoms with Gasteiger partial charge in [-0.1, -0.05) is 32.4 Å². The number of rotatable bonds is 7. The van der Waals surface area contributed by atoms with E-state index >= 15 is 0 Å². The minimum atomic E-state index is 0.125. The number of hydrogen-bond acceptors (Lipinski definition) is 3. The van der Waals surface area contributed by atoms with E-state index in [4.69, 9.17) is 10.5 Å². The van der Waals surface area contributed by atoms with Gasteiger partial charge >= 0.3 is 0 Å². The predicted octanol–water partition coefficient (Wildman–Crippen LogP) is 2.86. The second-order valence-electron chi connectivity index (χ2n) is 6.94. The fraction of sp³-hybridized carbons (Fsp3) is 0.875. The first-order valence-electron chi connectivity index (χ1n) is 7.56. The van der Waals surface area contributed by atoms with Crippen molar-refractivity contribution in [2.45, 2.75) is 58.4 Å². The average Bonchev–Trinajstić information content (AvgIpc) is 2.48. The van der Waals surface area contributed by atoms with Crippen LogP contribution in [0.15, 0.2) is 12.2 Å². The van der Waals surface area contributed by atoms with Crippen molar-refractivity contribution in [3.8, 4) is 0 Å². The molecule has 0 spiro atoms. The Morgan fingerprint density at radius 1 is 1.26 bits per heavy atom. The topological polar surface area (TPSA) is 47.3 Å². The zero-order valence-electron chi connectivity index (χ0n) is 13.1. The summed E-state index contributed by atoms with van der Waals surface area (Å²) < 4.78 is 5.54. The van der Waals surface area contributed by atoms with Crippen LogP contribution >= 0.6 is 0 Å². The molecule has 3 N–H and O–H groups in total. The lowest BCUT2D eigenvalue weighted by molar-refractivity contribution is 0.144. The summed E-state index contributed by atoms with van der Waals surface area (Å²) in [5, 5.41) is 3.66. The average molecular weight is 268 g/mol. The Kier molecular flexibility index (Phi) is 6.51. The van der Waals surface area contributed by atoms with Crippen LogP contribution in [0.3, 0.4) is 0 Å². The van der Waals surface area contributed by atoms with Gasteiger partial charge in [-0.05, 0) is 38.0 Å². The molecule has 0 saturated heterocycles.